The van der Waals surface area contributed by atoms with Gasteiger partial charge in [-0.25, -0.2) is 8.42 Å². The number of nitrogens with zero attached hydrogens (tertiary/aromatic N) is 1. The van der Waals surface area contributed by atoms with Crippen LogP contribution < -0.4 is 5.32 Å². The molecule has 0 saturated carbocycles. The van der Waals surface area contributed by atoms with Gasteiger partial charge in [0.1, 0.15) is 4.21 Å². The van der Waals surface area contributed by atoms with Crippen LogP contribution in [0.1, 0.15) is 33.6 Å². The van der Waals surface area contributed by atoms with E-state index in [9.17, 15) is 8.42 Å². The fraction of sp³-hybridized carbons (Fsp3) is 0.714. The summed E-state index contributed by atoms with van der Waals surface area (Å²) in [6.45, 7) is 8.66. The van der Waals surface area contributed by atoms with E-state index in [0.717, 1.165) is 23.2 Å². The molecule has 0 spiro atoms. The quantitative estimate of drug-likeness (QED) is 0.851. The molecular formula is C14H23BrN2O2S2. The Morgan fingerprint density at radius 2 is 1.95 bits per heavy atom. The van der Waals surface area contributed by atoms with Crippen LogP contribution in [0.2, 0.25) is 0 Å². The maximum atomic E-state index is 12.5. The van der Waals surface area contributed by atoms with E-state index in [0.29, 0.717) is 23.2 Å². The third-order valence-electron chi connectivity index (χ3n) is 3.64. The number of sulfonamides is 1. The molecule has 0 bridgehead atoms. The van der Waals surface area contributed by atoms with Crippen LogP contribution in [0.5, 0.6) is 0 Å². The first-order chi connectivity index (χ1) is 9.68. The molecule has 1 N–H and O–H groups in total. The molecule has 0 aliphatic carbocycles. The summed E-state index contributed by atoms with van der Waals surface area (Å²) in [5.41, 5.74) is 0.118. The number of halogens is 1. The van der Waals surface area contributed by atoms with Gasteiger partial charge in [0, 0.05) is 18.6 Å². The number of rotatable bonds is 4. The Balaban J connectivity index is 1.92. The lowest BCUT2D eigenvalue weighted by Crippen LogP contribution is -2.44. The Bertz CT molecular complexity index is 570. The molecule has 1 fully saturated rings. The minimum atomic E-state index is -3.31. The number of thiophene rings is 1. The summed E-state index contributed by atoms with van der Waals surface area (Å²) < 4.78 is 28.0. The van der Waals surface area contributed by atoms with Gasteiger partial charge in [-0.1, -0.05) is 0 Å². The van der Waals surface area contributed by atoms with Gasteiger partial charge < -0.3 is 5.32 Å². The predicted molar refractivity (Wildman–Crippen MR) is 91.3 cm³/mol. The van der Waals surface area contributed by atoms with Crippen molar-refractivity contribution in [3.05, 3.63) is 15.9 Å². The number of piperidine rings is 1. The second kappa shape index (κ2) is 6.66. The van der Waals surface area contributed by atoms with Crippen molar-refractivity contribution < 1.29 is 8.42 Å². The highest BCUT2D eigenvalue weighted by atomic mass is 79.9. The van der Waals surface area contributed by atoms with Crippen molar-refractivity contribution in [2.24, 2.45) is 5.92 Å². The zero-order chi connectivity index (χ0) is 15.7. The van der Waals surface area contributed by atoms with Crippen molar-refractivity contribution in [2.75, 3.05) is 19.6 Å². The van der Waals surface area contributed by atoms with Gasteiger partial charge in [0.25, 0.3) is 10.0 Å². The minimum Gasteiger partial charge on any atom is -0.312 e. The molecule has 1 saturated heterocycles. The molecule has 2 heterocycles. The van der Waals surface area contributed by atoms with Crippen LogP contribution in [0, 0.1) is 5.92 Å². The topological polar surface area (TPSA) is 49.4 Å². The monoisotopic (exact) mass is 394 g/mol. The van der Waals surface area contributed by atoms with E-state index in [1.807, 2.05) is 0 Å². The number of hydrogen-bond acceptors (Lipinski definition) is 4. The second-order valence-electron chi connectivity index (χ2n) is 6.54. The van der Waals surface area contributed by atoms with Gasteiger partial charge in [-0.2, -0.15) is 4.31 Å². The highest BCUT2D eigenvalue weighted by Gasteiger charge is 2.30. The lowest BCUT2D eigenvalue weighted by molar-refractivity contribution is 0.252. The van der Waals surface area contributed by atoms with E-state index in [1.165, 1.54) is 11.3 Å². The van der Waals surface area contributed by atoms with Crippen molar-refractivity contribution in [3.63, 3.8) is 0 Å². The Kier molecular flexibility index (Phi) is 5.52. The van der Waals surface area contributed by atoms with Crippen molar-refractivity contribution in [2.45, 2.75) is 43.4 Å². The van der Waals surface area contributed by atoms with Gasteiger partial charge in [-0.3, -0.25) is 0 Å². The summed E-state index contributed by atoms with van der Waals surface area (Å²) in [5.74, 6) is 0.561. The first-order valence-corrected chi connectivity index (χ1v) is 10.2. The van der Waals surface area contributed by atoms with Gasteiger partial charge in [0.15, 0.2) is 0 Å². The molecule has 0 amide bonds. The van der Waals surface area contributed by atoms with Crippen LogP contribution in [0.3, 0.4) is 0 Å². The highest BCUT2D eigenvalue weighted by molar-refractivity contribution is 9.11. The van der Waals surface area contributed by atoms with Gasteiger partial charge in [0.05, 0.1) is 3.79 Å². The molecule has 0 radical (unpaired) electrons. The second-order valence-corrected chi connectivity index (χ2v) is 11.2. The van der Waals surface area contributed by atoms with E-state index >= 15 is 0 Å². The Hall–Kier alpha value is 0.0500. The third kappa shape index (κ3) is 4.76. The summed E-state index contributed by atoms with van der Waals surface area (Å²) in [6, 6.07) is 3.47. The van der Waals surface area contributed by atoms with Crippen molar-refractivity contribution in [1.29, 1.82) is 0 Å². The van der Waals surface area contributed by atoms with Gasteiger partial charge >= 0.3 is 0 Å². The lowest BCUT2D eigenvalue weighted by atomic mass is 9.97. The SMILES string of the molecule is CC(C)(C)NCC1CCN(S(=O)(=O)c2ccc(Br)s2)CC1. The molecule has 0 unspecified atom stereocenters. The van der Waals surface area contributed by atoms with Crippen molar-refractivity contribution >= 4 is 37.3 Å². The molecule has 1 aromatic heterocycles. The predicted octanol–water partition coefficient (Wildman–Crippen LogP) is 3.30. The van der Waals surface area contributed by atoms with E-state index in [4.69, 9.17) is 0 Å². The number of hydrogen-bond donors (Lipinski definition) is 1. The molecule has 1 aliphatic rings. The summed E-state index contributed by atoms with van der Waals surface area (Å²) in [5, 5.41) is 3.51. The maximum Gasteiger partial charge on any atom is 0.252 e. The van der Waals surface area contributed by atoms with Crippen LogP contribution in [-0.4, -0.2) is 37.9 Å². The smallest absolute Gasteiger partial charge is 0.252 e. The summed E-state index contributed by atoms with van der Waals surface area (Å²) >= 11 is 4.60. The van der Waals surface area contributed by atoms with E-state index in [2.05, 4.69) is 42.0 Å². The van der Waals surface area contributed by atoms with Crippen LogP contribution in [0.15, 0.2) is 20.1 Å². The Morgan fingerprint density at radius 1 is 1.33 bits per heavy atom. The molecule has 7 heteroatoms. The Morgan fingerprint density at radius 3 is 2.43 bits per heavy atom. The van der Waals surface area contributed by atoms with Crippen LogP contribution in [0.4, 0.5) is 0 Å². The zero-order valence-electron chi connectivity index (χ0n) is 12.7. The third-order valence-corrected chi connectivity index (χ3v) is 7.63. The fourth-order valence-corrected chi connectivity index (χ4v) is 6.00. The summed E-state index contributed by atoms with van der Waals surface area (Å²) in [6.07, 6.45) is 1.85. The first kappa shape index (κ1) is 17.4. The summed E-state index contributed by atoms with van der Waals surface area (Å²) in [4.78, 5) is 0. The fourth-order valence-electron chi connectivity index (χ4n) is 2.37. The van der Waals surface area contributed by atoms with E-state index in [1.54, 1.807) is 16.4 Å². The lowest BCUT2D eigenvalue weighted by Gasteiger charge is -2.32. The highest BCUT2D eigenvalue weighted by Crippen LogP contribution is 2.30. The molecule has 1 aliphatic heterocycles. The average molecular weight is 395 g/mol. The molecule has 4 nitrogen and oxygen atoms in total. The minimum absolute atomic E-state index is 0.118. The maximum absolute atomic E-state index is 12.5. The standard InChI is InChI=1S/C14H23BrN2O2S2/c1-14(2,3)16-10-11-6-8-17(9-7-11)21(18,19)13-5-4-12(15)20-13/h4-5,11,16H,6-10H2,1-3H3. The van der Waals surface area contributed by atoms with E-state index < -0.39 is 10.0 Å². The van der Waals surface area contributed by atoms with Crippen molar-refractivity contribution in [3.8, 4) is 0 Å². The van der Waals surface area contributed by atoms with Crippen molar-refractivity contribution in [1.82, 2.24) is 9.62 Å². The van der Waals surface area contributed by atoms with Gasteiger partial charge in [0.2, 0.25) is 0 Å². The molecular weight excluding hydrogens is 372 g/mol. The van der Waals surface area contributed by atoms with Gasteiger partial charge in [-0.15, -0.1) is 11.3 Å². The zero-order valence-corrected chi connectivity index (χ0v) is 15.9. The molecule has 21 heavy (non-hydrogen) atoms. The molecule has 0 aromatic carbocycles. The van der Waals surface area contributed by atoms with Gasteiger partial charge in [-0.05, 0) is 74.1 Å². The molecule has 1 aromatic rings. The average Bonchev–Trinajstić information content (AvgIpc) is 2.83. The molecule has 2 rings (SSSR count). The van der Waals surface area contributed by atoms with Crippen LogP contribution in [0.25, 0.3) is 0 Å². The normalized spacial score (nSPS) is 19.0. The first-order valence-electron chi connectivity index (χ1n) is 7.19. The molecule has 120 valence electrons. The Labute approximate surface area is 140 Å². The number of nitrogens with one attached hydrogen (secondary N) is 1. The van der Waals surface area contributed by atoms with Crippen LogP contribution >= 0.6 is 27.3 Å². The molecule has 0 atom stereocenters. The van der Waals surface area contributed by atoms with Crippen LogP contribution in [-0.2, 0) is 10.0 Å². The summed E-state index contributed by atoms with van der Waals surface area (Å²) in [7, 11) is -3.31. The van der Waals surface area contributed by atoms with E-state index in [-0.39, 0.29) is 5.54 Å². The largest absolute Gasteiger partial charge is 0.312 e.